The van der Waals surface area contributed by atoms with Crippen LogP contribution in [-0.2, 0) is 20.9 Å². The molecule has 0 aliphatic rings. The number of nitrogens with one attached hydrogen (secondary N) is 1. The van der Waals surface area contributed by atoms with Crippen LogP contribution in [0.15, 0.2) is 42.5 Å². The highest BCUT2D eigenvalue weighted by Gasteiger charge is 2.16. The molecule has 1 amide bonds. The lowest BCUT2D eigenvalue weighted by atomic mass is 10.1. The zero-order chi connectivity index (χ0) is 17.5. The first-order chi connectivity index (χ1) is 11.4. The first-order valence-electron chi connectivity index (χ1n) is 7.72. The van der Waals surface area contributed by atoms with Crippen LogP contribution in [0, 0.1) is 13.8 Å². The van der Waals surface area contributed by atoms with Crippen LogP contribution in [0.25, 0.3) is 6.08 Å². The summed E-state index contributed by atoms with van der Waals surface area (Å²) in [5.41, 5.74) is 2.17. The monoisotopic (exact) mass is 343 g/mol. The van der Waals surface area contributed by atoms with Gasteiger partial charge in [-0.2, -0.15) is 0 Å². The molecule has 0 aliphatic heterocycles. The van der Waals surface area contributed by atoms with Crippen molar-refractivity contribution >= 4 is 29.3 Å². The summed E-state index contributed by atoms with van der Waals surface area (Å²) >= 11 is 1.59. The number of hydrogen-bond donors (Lipinski definition) is 1. The van der Waals surface area contributed by atoms with Gasteiger partial charge in [0.15, 0.2) is 6.10 Å². The summed E-state index contributed by atoms with van der Waals surface area (Å²) in [5.74, 6) is -0.844. The molecule has 5 heteroatoms. The van der Waals surface area contributed by atoms with Crippen LogP contribution in [0.3, 0.4) is 0 Å². The zero-order valence-electron chi connectivity index (χ0n) is 14.0. The predicted molar refractivity (Wildman–Crippen MR) is 96.7 cm³/mol. The summed E-state index contributed by atoms with van der Waals surface area (Å²) in [4.78, 5) is 25.9. The van der Waals surface area contributed by atoms with Crippen LogP contribution in [0.1, 0.15) is 27.8 Å². The highest BCUT2D eigenvalue weighted by atomic mass is 32.1. The summed E-state index contributed by atoms with van der Waals surface area (Å²) in [6.07, 6.45) is 2.20. The SMILES string of the molecule is Cc1ccc(CNC(=O)[C@@H](C)OC(=O)/C=C/c2ccc(C)s2)cc1. The number of amides is 1. The Hall–Kier alpha value is -2.40. The third-order valence-corrected chi connectivity index (χ3v) is 4.36. The van der Waals surface area contributed by atoms with E-state index in [9.17, 15) is 9.59 Å². The quantitative estimate of drug-likeness (QED) is 0.644. The Bertz CT molecular complexity index is 731. The highest BCUT2D eigenvalue weighted by Crippen LogP contribution is 2.16. The molecule has 1 aromatic heterocycles. The van der Waals surface area contributed by atoms with E-state index < -0.39 is 12.1 Å². The molecule has 2 rings (SSSR count). The third kappa shape index (κ3) is 5.66. The predicted octanol–water partition coefficient (Wildman–Crippen LogP) is 3.63. The van der Waals surface area contributed by atoms with Gasteiger partial charge in [-0.1, -0.05) is 29.8 Å². The first kappa shape index (κ1) is 17.9. The van der Waals surface area contributed by atoms with Crippen LogP contribution in [0.4, 0.5) is 0 Å². The Labute approximate surface area is 146 Å². The molecular weight excluding hydrogens is 322 g/mol. The Morgan fingerprint density at radius 1 is 1.17 bits per heavy atom. The molecule has 0 fully saturated rings. The first-order valence-corrected chi connectivity index (χ1v) is 8.54. The molecule has 126 valence electrons. The second kappa shape index (κ2) is 8.45. The normalized spacial score (nSPS) is 12.1. The van der Waals surface area contributed by atoms with Crippen LogP contribution in [0.2, 0.25) is 0 Å². The Morgan fingerprint density at radius 2 is 1.88 bits per heavy atom. The van der Waals surface area contributed by atoms with Gasteiger partial charge in [-0.05, 0) is 44.5 Å². The van der Waals surface area contributed by atoms with Gasteiger partial charge in [0.05, 0.1) is 0 Å². The minimum absolute atomic E-state index is 0.315. The Kier molecular flexibility index (Phi) is 6.32. The smallest absolute Gasteiger partial charge is 0.331 e. The van der Waals surface area contributed by atoms with E-state index in [0.29, 0.717) is 6.54 Å². The lowest BCUT2D eigenvalue weighted by Gasteiger charge is -2.12. The van der Waals surface area contributed by atoms with E-state index in [1.807, 2.05) is 50.2 Å². The minimum atomic E-state index is -0.835. The van der Waals surface area contributed by atoms with Crippen molar-refractivity contribution in [1.29, 1.82) is 0 Å². The fraction of sp³-hybridized carbons (Fsp3) is 0.263. The fourth-order valence-corrected chi connectivity index (χ4v) is 2.78. The number of aryl methyl sites for hydroxylation is 2. The average molecular weight is 343 g/mol. The topological polar surface area (TPSA) is 55.4 Å². The van der Waals surface area contributed by atoms with Gasteiger partial charge < -0.3 is 10.1 Å². The molecule has 24 heavy (non-hydrogen) atoms. The zero-order valence-corrected chi connectivity index (χ0v) is 14.9. The van der Waals surface area contributed by atoms with Gasteiger partial charge in [0.2, 0.25) is 0 Å². The molecular formula is C19H21NO3S. The maximum absolute atomic E-state index is 12.0. The average Bonchev–Trinajstić information content (AvgIpc) is 2.97. The van der Waals surface area contributed by atoms with E-state index >= 15 is 0 Å². The number of carbonyl (C=O) groups is 2. The molecule has 4 nitrogen and oxygen atoms in total. The molecule has 1 atom stereocenters. The van der Waals surface area contributed by atoms with Gasteiger partial charge in [0, 0.05) is 22.4 Å². The highest BCUT2D eigenvalue weighted by molar-refractivity contribution is 7.12. The van der Waals surface area contributed by atoms with Crippen molar-refractivity contribution < 1.29 is 14.3 Å². The lowest BCUT2D eigenvalue weighted by Crippen LogP contribution is -2.35. The standard InChI is InChI=1S/C19H21NO3S/c1-13-4-7-16(8-5-13)12-20-19(22)15(3)23-18(21)11-10-17-9-6-14(2)24-17/h4-11,15H,12H2,1-3H3,(H,20,22)/b11-10+/t15-/m1/s1. The van der Waals surface area contributed by atoms with E-state index in [1.165, 1.54) is 16.5 Å². The molecule has 1 heterocycles. The number of ether oxygens (including phenoxy) is 1. The fourth-order valence-electron chi connectivity index (χ4n) is 2.00. The molecule has 2 aromatic rings. The van der Waals surface area contributed by atoms with Crippen molar-refractivity contribution in [2.75, 3.05) is 0 Å². The van der Waals surface area contributed by atoms with Crippen molar-refractivity contribution in [2.24, 2.45) is 0 Å². The number of hydrogen-bond acceptors (Lipinski definition) is 4. The van der Waals surface area contributed by atoms with Crippen molar-refractivity contribution in [3.63, 3.8) is 0 Å². The van der Waals surface area contributed by atoms with Gasteiger partial charge in [-0.3, -0.25) is 4.79 Å². The van der Waals surface area contributed by atoms with Crippen molar-refractivity contribution in [3.8, 4) is 0 Å². The van der Waals surface area contributed by atoms with E-state index in [0.717, 1.165) is 10.4 Å². The molecule has 0 aliphatic carbocycles. The summed E-state index contributed by atoms with van der Waals surface area (Å²) in [7, 11) is 0. The second-order valence-electron chi connectivity index (χ2n) is 5.56. The summed E-state index contributed by atoms with van der Waals surface area (Å²) in [6.45, 7) is 5.98. The summed E-state index contributed by atoms with van der Waals surface area (Å²) in [5, 5.41) is 2.76. The largest absolute Gasteiger partial charge is 0.449 e. The van der Waals surface area contributed by atoms with E-state index in [1.54, 1.807) is 24.3 Å². The van der Waals surface area contributed by atoms with Gasteiger partial charge >= 0.3 is 5.97 Å². The molecule has 0 radical (unpaired) electrons. The molecule has 0 spiro atoms. The number of carbonyl (C=O) groups excluding carboxylic acids is 2. The Balaban J connectivity index is 1.79. The third-order valence-electron chi connectivity index (χ3n) is 3.39. The van der Waals surface area contributed by atoms with Crippen LogP contribution < -0.4 is 5.32 Å². The van der Waals surface area contributed by atoms with Gasteiger partial charge in [0.1, 0.15) is 0 Å². The maximum Gasteiger partial charge on any atom is 0.331 e. The number of rotatable bonds is 6. The van der Waals surface area contributed by atoms with E-state index in [4.69, 9.17) is 4.74 Å². The molecule has 1 N–H and O–H groups in total. The van der Waals surface area contributed by atoms with Crippen molar-refractivity contribution in [2.45, 2.75) is 33.4 Å². The Morgan fingerprint density at radius 3 is 2.50 bits per heavy atom. The van der Waals surface area contributed by atoms with Gasteiger partial charge in [0.25, 0.3) is 5.91 Å². The number of esters is 1. The molecule has 0 bridgehead atoms. The van der Waals surface area contributed by atoms with Crippen molar-refractivity contribution in [3.05, 3.63) is 63.4 Å². The second-order valence-corrected chi connectivity index (χ2v) is 6.88. The summed E-state index contributed by atoms with van der Waals surface area (Å²) < 4.78 is 5.12. The molecule has 0 saturated heterocycles. The molecule has 0 unspecified atom stereocenters. The van der Waals surface area contributed by atoms with Gasteiger partial charge in [-0.25, -0.2) is 4.79 Å². The lowest BCUT2D eigenvalue weighted by molar-refractivity contribution is -0.150. The molecule has 0 saturated carbocycles. The van der Waals surface area contributed by atoms with E-state index in [2.05, 4.69) is 5.32 Å². The minimum Gasteiger partial charge on any atom is -0.449 e. The van der Waals surface area contributed by atoms with E-state index in [-0.39, 0.29) is 5.91 Å². The van der Waals surface area contributed by atoms with Gasteiger partial charge in [-0.15, -0.1) is 11.3 Å². The summed E-state index contributed by atoms with van der Waals surface area (Å²) in [6, 6.07) is 11.8. The number of thiophene rings is 1. The van der Waals surface area contributed by atoms with Crippen LogP contribution in [-0.4, -0.2) is 18.0 Å². The number of benzene rings is 1. The molecule has 1 aromatic carbocycles. The van der Waals surface area contributed by atoms with Crippen LogP contribution in [0.5, 0.6) is 0 Å². The van der Waals surface area contributed by atoms with Crippen LogP contribution >= 0.6 is 11.3 Å². The van der Waals surface area contributed by atoms with Crippen molar-refractivity contribution in [1.82, 2.24) is 5.32 Å². The maximum atomic E-state index is 12.0.